The Labute approximate surface area is 123 Å². The minimum Gasteiger partial charge on any atom is -0.497 e. The van der Waals surface area contributed by atoms with Crippen LogP contribution in [0.3, 0.4) is 0 Å². The van der Waals surface area contributed by atoms with Crippen LogP contribution in [0.4, 0.5) is 0 Å². The Hall–Kier alpha value is -1.06. The minimum absolute atomic E-state index is 0.0984. The van der Waals surface area contributed by atoms with Crippen molar-refractivity contribution in [2.45, 2.75) is 45.1 Å². The lowest BCUT2D eigenvalue weighted by Crippen LogP contribution is -2.20. The van der Waals surface area contributed by atoms with E-state index in [1.165, 1.54) is 31.2 Å². The molecule has 1 rings (SSSR count). The number of benzene rings is 1. The summed E-state index contributed by atoms with van der Waals surface area (Å²) in [6.45, 7) is 3.89. The van der Waals surface area contributed by atoms with Crippen LogP contribution in [0.1, 0.15) is 50.7 Å². The molecule has 0 aliphatic heterocycles. The predicted octanol–water partition coefficient (Wildman–Crippen LogP) is 3.94. The Kier molecular flexibility index (Phi) is 9.09. The highest BCUT2D eigenvalue weighted by molar-refractivity contribution is 5.30. The molecule has 0 radical (unpaired) electrons. The van der Waals surface area contributed by atoms with Crippen molar-refractivity contribution in [3.63, 3.8) is 0 Å². The number of likely N-dealkylation sites (N-methyl/N-ethyl adjacent to an activating group) is 1. The highest BCUT2D eigenvalue weighted by Gasteiger charge is 2.11. The van der Waals surface area contributed by atoms with Crippen LogP contribution in [0.2, 0.25) is 0 Å². The molecule has 0 aliphatic rings. The van der Waals surface area contributed by atoms with Gasteiger partial charge in [0.05, 0.1) is 13.2 Å². The third-order valence-electron chi connectivity index (χ3n) is 3.42. The zero-order valence-corrected chi connectivity index (χ0v) is 13.2. The second-order valence-electron chi connectivity index (χ2n) is 5.11. The van der Waals surface area contributed by atoms with Crippen molar-refractivity contribution in [1.82, 2.24) is 5.32 Å². The molecule has 3 heteroatoms. The van der Waals surface area contributed by atoms with E-state index in [1.807, 2.05) is 19.2 Å². The Bertz CT molecular complexity index is 355. The Morgan fingerprint density at radius 3 is 2.65 bits per heavy atom. The first-order valence-electron chi connectivity index (χ1n) is 7.72. The van der Waals surface area contributed by atoms with Gasteiger partial charge in [-0.15, -0.1) is 0 Å². The third-order valence-corrected chi connectivity index (χ3v) is 3.42. The summed E-state index contributed by atoms with van der Waals surface area (Å²) in [7, 11) is 3.65. The summed E-state index contributed by atoms with van der Waals surface area (Å²) in [6.07, 6.45) is 6.43. The normalized spacial score (nSPS) is 12.3. The molecule has 3 nitrogen and oxygen atoms in total. The number of rotatable bonds is 11. The maximum absolute atomic E-state index is 6.03. The molecular weight excluding hydrogens is 250 g/mol. The van der Waals surface area contributed by atoms with Gasteiger partial charge in [-0.1, -0.05) is 44.7 Å². The van der Waals surface area contributed by atoms with Gasteiger partial charge in [0.25, 0.3) is 0 Å². The van der Waals surface area contributed by atoms with Crippen molar-refractivity contribution in [3.8, 4) is 5.75 Å². The van der Waals surface area contributed by atoms with Crippen molar-refractivity contribution >= 4 is 0 Å². The number of nitrogens with one attached hydrogen (secondary N) is 1. The van der Waals surface area contributed by atoms with Gasteiger partial charge in [0.1, 0.15) is 5.75 Å². The largest absolute Gasteiger partial charge is 0.497 e. The van der Waals surface area contributed by atoms with Crippen LogP contribution in [-0.4, -0.2) is 27.3 Å². The highest BCUT2D eigenvalue weighted by atomic mass is 16.5. The van der Waals surface area contributed by atoms with Gasteiger partial charge >= 0.3 is 0 Å². The van der Waals surface area contributed by atoms with Gasteiger partial charge in [0.2, 0.25) is 0 Å². The van der Waals surface area contributed by atoms with E-state index in [4.69, 9.17) is 9.47 Å². The van der Waals surface area contributed by atoms with E-state index in [-0.39, 0.29) is 6.10 Å². The highest BCUT2D eigenvalue weighted by Crippen LogP contribution is 2.22. The van der Waals surface area contributed by atoms with Gasteiger partial charge in [-0.05, 0) is 31.2 Å². The van der Waals surface area contributed by atoms with Crippen LogP contribution in [-0.2, 0) is 4.74 Å². The first kappa shape index (κ1) is 17.0. The molecule has 0 fully saturated rings. The van der Waals surface area contributed by atoms with E-state index in [2.05, 4.69) is 24.4 Å². The van der Waals surface area contributed by atoms with Gasteiger partial charge in [-0.25, -0.2) is 0 Å². The van der Waals surface area contributed by atoms with Gasteiger partial charge in [-0.2, -0.15) is 0 Å². The summed E-state index contributed by atoms with van der Waals surface area (Å²) in [6, 6.07) is 8.13. The molecule has 1 N–H and O–H groups in total. The zero-order chi connectivity index (χ0) is 14.6. The number of unbranched alkanes of at least 4 members (excludes halogenated alkanes) is 4. The van der Waals surface area contributed by atoms with Crippen LogP contribution in [0.25, 0.3) is 0 Å². The van der Waals surface area contributed by atoms with E-state index in [0.29, 0.717) is 0 Å². The molecule has 20 heavy (non-hydrogen) atoms. The summed E-state index contributed by atoms with van der Waals surface area (Å²) < 4.78 is 11.3. The zero-order valence-electron chi connectivity index (χ0n) is 13.2. The second kappa shape index (κ2) is 10.7. The molecular formula is C17H29NO2. The topological polar surface area (TPSA) is 30.5 Å². The Morgan fingerprint density at radius 1 is 1.15 bits per heavy atom. The number of hydrogen-bond donors (Lipinski definition) is 1. The average Bonchev–Trinajstić information content (AvgIpc) is 2.49. The lowest BCUT2D eigenvalue weighted by atomic mass is 10.1. The lowest BCUT2D eigenvalue weighted by molar-refractivity contribution is 0.0510. The fourth-order valence-electron chi connectivity index (χ4n) is 2.23. The van der Waals surface area contributed by atoms with Crippen molar-refractivity contribution < 1.29 is 9.47 Å². The molecule has 1 atom stereocenters. The first-order chi connectivity index (χ1) is 9.81. The predicted molar refractivity (Wildman–Crippen MR) is 84.4 cm³/mol. The quantitative estimate of drug-likeness (QED) is 0.622. The van der Waals surface area contributed by atoms with E-state index < -0.39 is 0 Å². The molecule has 0 bridgehead atoms. The first-order valence-corrected chi connectivity index (χ1v) is 7.72. The summed E-state index contributed by atoms with van der Waals surface area (Å²) in [5.41, 5.74) is 1.17. The van der Waals surface area contributed by atoms with Crippen LogP contribution < -0.4 is 10.1 Å². The smallest absolute Gasteiger partial charge is 0.119 e. The molecule has 0 amide bonds. The SMILES string of the molecule is CCCCCCCOC(CNC)c1cccc(OC)c1. The molecule has 0 saturated heterocycles. The van der Waals surface area contributed by atoms with Crippen molar-refractivity contribution in [3.05, 3.63) is 29.8 Å². The number of methoxy groups -OCH3 is 1. The summed E-state index contributed by atoms with van der Waals surface area (Å²) in [5.74, 6) is 0.884. The standard InChI is InChI=1S/C17H29NO2/c1-4-5-6-7-8-12-20-17(14-18-2)15-10-9-11-16(13-15)19-3/h9-11,13,17-18H,4-8,12,14H2,1-3H3. The third kappa shape index (κ3) is 6.40. The van der Waals surface area contributed by atoms with E-state index in [9.17, 15) is 0 Å². The summed E-state index contributed by atoms with van der Waals surface area (Å²) >= 11 is 0. The van der Waals surface area contributed by atoms with Gasteiger partial charge in [0, 0.05) is 13.2 Å². The molecule has 0 spiro atoms. The molecule has 0 aromatic heterocycles. The van der Waals surface area contributed by atoms with Crippen LogP contribution >= 0.6 is 0 Å². The van der Waals surface area contributed by atoms with Crippen molar-refractivity contribution in [2.75, 3.05) is 27.3 Å². The van der Waals surface area contributed by atoms with Crippen molar-refractivity contribution in [1.29, 1.82) is 0 Å². The second-order valence-corrected chi connectivity index (χ2v) is 5.11. The summed E-state index contributed by atoms with van der Waals surface area (Å²) in [4.78, 5) is 0. The van der Waals surface area contributed by atoms with Gasteiger partial charge in [0.15, 0.2) is 0 Å². The maximum Gasteiger partial charge on any atom is 0.119 e. The molecule has 114 valence electrons. The van der Waals surface area contributed by atoms with E-state index in [1.54, 1.807) is 7.11 Å². The monoisotopic (exact) mass is 279 g/mol. The van der Waals surface area contributed by atoms with Gasteiger partial charge < -0.3 is 14.8 Å². The average molecular weight is 279 g/mol. The van der Waals surface area contributed by atoms with Crippen molar-refractivity contribution in [2.24, 2.45) is 0 Å². The molecule has 0 heterocycles. The minimum atomic E-state index is 0.0984. The van der Waals surface area contributed by atoms with E-state index in [0.717, 1.165) is 25.3 Å². The summed E-state index contributed by atoms with van der Waals surface area (Å²) in [5, 5.41) is 3.20. The number of ether oxygens (including phenoxy) is 2. The van der Waals surface area contributed by atoms with Crippen LogP contribution in [0, 0.1) is 0 Å². The molecule has 0 aliphatic carbocycles. The molecule has 1 aromatic carbocycles. The Balaban J connectivity index is 2.42. The fraction of sp³-hybridized carbons (Fsp3) is 0.647. The molecule has 1 unspecified atom stereocenters. The lowest BCUT2D eigenvalue weighted by Gasteiger charge is -2.18. The van der Waals surface area contributed by atoms with E-state index >= 15 is 0 Å². The maximum atomic E-state index is 6.03. The molecule has 1 aromatic rings. The van der Waals surface area contributed by atoms with Gasteiger partial charge in [-0.3, -0.25) is 0 Å². The van der Waals surface area contributed by atoms with Crippen LogP contribution in [0.5, 0.6) is 5.75 Å². The Morgan fingerprint density at radius 2 is 1.95 bits per heavy atom. The fourth-order valence-corrected chi connectivity index (χ4v) is 2.23. The molecule has 0 saturated carbocycles. The van der Waals surface area contributed by atoms with Crippen LogP contribution in [0.15, 0.2) is 24.3 Å². The number of hydrogen-bond acceptors (Lipinski definition) is 3.